The van der Waals surface area contributed by atoms with Crippen molar-refractivity contribution in [1.82, 2.24) is 14.9 Å². The SMILES string of the molecule is O=C(Cc1ccc(F)c(F)c1)N[C@@H]1CO[C@H](Cn2ccc(=O)[nH]c2=O)[C@@H](O)[C@H]1O. The Morgan fingerprint density at radius 3 is 2.66 bits per heavy atom. The van der Waals surface area contributed by atoms with Gasteiger partial charge in [-0.15, -0.1) is 0 Å². The molecule has 11 heteroatoms. The molecule has 2 heterocycles. The van der Waals surface area contributed by atoms with Gasteiger partial charge in [-0.1, -0.05) is 6.07 Å². The van der Waals surface area contributed by atoms with Crippen molar-refractivity contribution in [2.75, 3.05) is 6.61 Å². The number of aromatic amines is 1. The second kappa shape index (κ2) is 8.64. The highest BCUT2D eigenvalue weighted by atomic mass is 19.2. The summed E-state index contributed by atoms with van der Waals surface area (Å²) in [5.74, 6) is -2.68. The molecule has 1 aromatic heterocycles. The number of aliphatic hydroxyl groups excluding tert-OH is 2. The average molecular weight is 411 g/mol. The van der Waals surface area contributed by atoms with Gasteiger partial charge in [-0.25, -0.2) is 13.6 Å². The number of rotatable bonds is 5. The number of nitrogens with one attached hydrogen (secondary N) is 2. The van der Waals surface area contributed by atoms with Crippen molar-refractivity contribution >= 4 is 5.91 Å². The number of ether oxygens (including phenoxy) is 1. The van der Waals surface area contributed by atoms with E-state index in [1.807, 2.05) is 0 Å². The number of amides is 1. The van der Waals surface area contributed by atoms with E-state index in [9.17, 15) is 33.4 Å². The summed E-state index contributed by atoms with van der Waals surface area (Å²) in [6, 6.07) is 3.26. The highest BCUT2D eigenvalue weighted by Crippen LogP contribution is 2.17. The van der Waals surface area contributed by atoms with Crippen molar-refractivity contribution in [2.45, 2.75) is 37.3 Å². The summed E-state index contributed by atoms with van der Waals surface area (Å²) in [6.45, 7) is -0.270. The first-order chi connectivity index (χ1) is 13.7. The summed E-state index contributed by atoms with van der Waals surface area (Å²) in [5, 5.41) is 23.1. The van der Waals surface area contributed by atoms with E-state index in [4.69, 9.17) is 4.74 Å². The van der Waals surface area contributed by atoms with Gasteiger partial charge in [-0.3, -0.25) is 19.1 Å². The van der Waals surface area contributed by atoms with Crippen LogP contribution in [0.5, 0.6) is 0 Å². The molecular weight excluding hydrogens is 392 g/mol. The molecule has 1 aliphatic heterocycles. The van der Waals surface area contributed by atoms with Gasteiger partial charge >= 0.3 is 5.69 Å². The molecule has 0 radical (unpaired) electrons. The lowest BCUT2D eigenvalue weighted by atomic mass is 9.97. The lowest BCUT2D eigenvalue weighted by Crippen LogP contribution is -2.60. The number of hydrogen-bond acceptors (Lipinski definition) is 6. The Hall–Kier alpha value is -2.89. The van der Waals surface area contributed by atoms with Gasteiger partial charge in [0.05, 0.1) is 25.6 Å². The van der Waals surface area contributed by atoms with E-state index in [1.165, 1.54) is 12.3 Å². The van der Waals surface area contributed by atoms with Gasteiger partial charge in [0.25, 0.3) is 5.56 Å². The molecule has 0 saturated carbocycles. The zero-order valence-corrected chi connectivity index (χ0v) is 15.0. The average Bonchev–Trinajstić information content (AvgIpc) is 2.66. The van der Waals surface area contributed by atoms with Crippen LogP contribution in [0, 0.1) is 11.6 Å². The van der Waals surface area contributed by atoms with E-state index in [0.29, 0.717) is 0 Å². The highest BCUT2D eigenvalue weighted by molar-refractivity contribution is 5.79. The van der Waals surface area contributed by atoms with Gasteiger partial charge in [0.1, 0.15) is 18.3 Å². The summed E-state index contributed by atoms with van der Waals surface area (Å²) >= 11 is 0. The molecule has 1 amide bonds. The Morgan fingerprint density at radius 2 is 1.97 bits per heavy atom. The molecule has 4 N–H and O–H groups in total. The van der Waals surface area contributed by atoms with Crippen LogP contribution in [0.4, 0.5) is 8.78 Å². The molecular formula is C18H19F2N3O6. The van der Waals surface area contributed by atoms with E-state index in [2.05, 4.69) is 10.3 Å². The van der Waals surface area contributed by atoms with E-state index in [0.717, 1.165) is 22.8 Å². The standard InChI is InChI=1S/C18H19F2N3O6/c19-10-2-1-9(5-11(10)20)6-15(25)21-12-8-29-13(17(27)16(12)26)7-23-4-3-14(24)22-18(23)28/h1-5,12-13,16-17,26-27H,6-8H2,(H,21,25)(H,22,24,28)/t12-,13-,16+,17-/m1/s1. The van der Waals surface area contributed by atoms with Gasteiger partial charge in [0, 0.05) is 12.3 Å². The van der Waals surface area contributed by atoms with Crippen molar-refractivity contribution in [2.24, 2.45) is 0 Å². The van der Waals surface area contributed by atoms with E-state index < -0.39 is 53.1 Å². The third kappa shape index (κ3) is 4.94. The van der Waals surface area contributed by atoms with Crippen molar-refractivity contribution in [3.05, 3.63) is 68.5 Å². The number of benzene rings is 1. The van der Waals surface area contributed by atoms with Crippen LogP contribution in [0.3, 0.4) is 0 Å². The fourth-order valence-corrected chi connectivity index (χ4v) is 3.04. The first-order valence-corrected chi connectivity index (χ1v) is 8.75. The van der Waals surface area contributed by atoms with Crippen LogP contribution in [0.15, 0.2) is 40.1 Å². The minimum atomic E-state index is -1.42. The number of aliphatic hydroxyl groups is 2. The van der Waals surface area contributed by atoms with Crippen LogP contribution in [-0.2, 0) is 22.5 Å². The van der Waals surface area contributed by atoms with Crippen LogP contribution < -0.4 is 16.6 Å². The molecule has 0 unspecified atom stereocenters. The normalized spacial score (nSPS) is 24.3. The third-order valence-electron chi connectivity index (χ3n) is 4.60. The monoisotopic (exact) mass is 411 g/mol. The van der Waals surface area contributed by atoms with Gasteiger partial charge in [-0.05, 0) is 17.7 Å². The molecule has 9 nitrogen and oxygen atoms in total. The maximum atomic E-state index is 13.2. The summed E-state index contributed by atoms with van der Waals surface area (Å²) in [5.41, 5.74) is -1.02. The Morgan fingerprint density at radius 1 is 1.21 bits per heavy atom. The predicted molar refractivity (Wildman–Crippen MR) is 95.1 cm³/mol. The number of nitrogens with zero attached hydrogens (tertiary/aromatic N) is 1. The molecule has 0 spiro atoms. The van der Waals surface area contributed by atoms with E-state index >= 15 is 0 Å². The number of carbonyl (C=O) groups is 1. The van der Waals surface area contributed by atoms with Crippen LogP contribution in [-0.4, -0.2) is 56.6 Å². The Labute approximate surface area is 162 Å². The minimum Gasteiger partial charge on any atom is -0.388 e. The second-order valence-corrected chi connectivity index (χ2v) is 6.71. The van der Waals surface area contributed by atoms with Crippen LogP contribution in [0.1, 0.15) is 5.56 Å². The third-order valence-corrected chi connectivity index (χ3v) is 4.60. The molecule has 3 rings (SSSR count). The maximum absolute atomic E-state index is 13.2. The van der Waals surface area contributed by atoms with Gasteiger partial charge in [0.15, 0.2) is 11.6 Å². The summed E-state index contributed by atoms with van der Waals surface area (Å²) in [7, 11) is 0. The smallest absolute Gasteiger partial charge is 0.328 e. The number of aromatic nitrogens is 2. The maximum Gasteiger partial charge on any atom is 0.328 e. The van der Waals surface area contributed by atoms with Crippen molar-refractivity contribution in [1.29, 1.82) is 0 Å². The zero-order chi connectivity index (χ0) is 21.1. The number of halogens is 2. The molecule has 156 valence electrons. The van der Waals surface area contributed by atoms with Gasteiger partial charge in [-0.2, -0.15) is 0 Å². The first-order valence-electron chi connectivity index (χ1n) is 8.75. The Kier molecular flexibility index (Phi) is 6.20. The van der Waals surface area contributed by atoms with Crippen molar-refractivity contribution in [3.63, 3.8) is 0 Å². The van der Waals surface area contributed by atoms with Crippen LogP contribution in [0.2, 0.25) is 0 Å². The Balaban J connectivity index is 1.59. The largest absolute Gasteiger partial charge is 0.388 e. The van der Waals surface area contributed by atoms with Crippen LogP contribution >= 0.6 is 0 Å². The lowest BCUT2D eigenvalue weighted by molar-refractivity contribution is -0.158. The molecule has 1 saturated heterocycles. The topological polar surface area (TPSA) is 134 Å². The predicted octanol–water partition coefficient (Wildman–Crippen LogP) is -1.34. The lowest BCUT2D eigenvalue weighted by Gasteiger charge is -2.38. The van der Waals surface area contributed by atoms with E-state index in [-0.39, 0.29) is 25.1 Å². The molecule has 1 aliphatic rings. The van der Waals surface area contributed by atoms with E-state index in [1.54, 1.807) is 0 Å². The number of carbonyl (C=O) groups excluding carboxylic acids is 1. The highest BCUT2D eigenvalue weighted by Gasteiger charge is 2.39. The quantitative estimate of drug-likeness (QED) is 0.482. The summed E-state index contributed by atoms with van der Waals surface area (Å²) < 4.78 is 32.8. The molecule has 1 fully saturated rings. The molecule has 0 bridgehead atoms. The molecule has 4 atom stereocenters. The molecule has 2 aromatic rings. The number of hydrogen-bond donors (Lipinski definition) is 4. The molecule has 0 aliphatic carbocycles. The van der Waals surface area contributed by atoms with Gasteiger partial charge in [0.2, 0.25) is 5.91 Å². The zero-order valence-electron chi connectivity index (χ0n) is 15.0. The second-order valence-electron chi connectivity index (χ2n) is 6.71. The summed E-state index contributed by atoms with van der Waals surface area (Å²) in [4.78, 5) is 37.0. The van der Waals surface area contributed by atoms with Crippen molar-refractivity contribution in [3.8, 4) is 0 Å². The Bertz CT molecular complexity index is 1010. The minimum absolute atomic E-state index is 0.122. The fourth-order valence-electron chi connectivity index (χ4n) is 3.04. The fraction of sp³-hybridized carbons (Fsp3) is 0.389. The summed E-state index contributed by atoms with van der Waals surface area (Å²) in [6.07, 6.45) is -2.78. The molecule has 1 aromatic carbocycles. The van der Waals surface area contributed by atoms with Crippen molar-refractivity contribution < 1.29 is 28.5 Å². The molecule has 29 heavy (non-hydrogen) atoms. The first kappa shape index (κ1) is 20.8. The number of H-pyrrole nitrogens is 1. The van der Waals surface area contributed by atoms with Gasteiger partial charge < -0.3 is 20.3 Å². The van der Waals surface area contributed by atoms with Crippen LogP contribution in [0.25, 0.3) is 0 Å².